The van der Waals surface area contributed by atoms with E-state index in [9.17, 15) is 5.11 Å². The lowest BCUT2D eigenvalue weighted by molar-refractivity contribution is 0.468. The summed E-state index contributed by atoms with van der Waals surface area (Å²) < 4.78 is 0. The molecule has 0 aromatic heterocycles. The van der Waals surface area contributed by atoms with E-state index in [0.717, 1.165) is 6.42 Å². The van der Waals surface area contributed by atoms with Crippen LogP contribution in [-0.4, -0.2) is 5.11 Å². The summed E-state index contributed by atoms with van der Waals surface area (Å²) in [5.74, 6) is 0.371. The molecule has 0 aliphatic heterocycles. The van der Waals surface area contributed by atoms with Gasteiger partial charge in [0.15, 0.2) is 0 Å². The van der Waals surface area contributed by atoms with Gasteiger partial charge < -0.3 is 5.11 Å². The Kier molecular flexibility index (Phi) is 2.89. The highest BCUT2D eigenvalue weighted by molar-refractivity contribution is 5.44. The number of aromatic hydroxyl groups is 1. The molecule has 1 rings (SSSR count). The number of rotatable bonds is 2. The van der Waals surface area contributed by atoms with Crippen molar-refractivity contribution in [1.82, 2.24) is 0 Å². The maximum Gasteiger partial charge on any atom is 0.116 e. The second kappa shape index (κ2) is 3.64. The van der Waals surface area contributed by atoms with Crippen molar-refractivity contribution in [2.75, 3.05) is 0 Å². The molecule has 0 saturated carbocycles. The Morgan fingerprint density at radius 3 is 1.93 bits per heavy atom. The quantitative estimate of drug-likeness (QED) is 0.757. The lowest BCUT2D eigenvalue weighted by atomic mass is 9.77. The monoisotopic (exact) mass is 192 g/mol. The Labute approximate surface area is 86.8 Å². The van der Waals surface area contributed by atoms with Gasteiger partial charge in [-0.25, -0.2) is 0 Å². The van der Waals surface area contributed by atoms with Gasteiger partial charge in [-0.3, -0.25) is 0 Å². The van der Waals surface area contributed by atoms with Crippen LogP contribution >= 0.6 is 0 Å². The first-order valence-corrected chi connectivity index (χ1v) is 5.19. The van der Waals surface area contributed by atoms with Gasteiger partial charge in [-0.1, -0.05) is 20.8 Å². The van der Waals surface area contributed by atoms with E-state index >= 15 is 0 Å². The second-order valence-electron chi connectivity index (χ2n) is 4.69. The van der Waals surface area contributed by atoms with Gasteiger partial charge in [0.2, 0.25) is 0 Å². The summed E-state index contributed by atoms with van der Waals surface area (Å²) in [5, 5.41) is 9.46. The molecule has 1 aromatic carbocycles. The lowest BCUT2D eigenvalue weighted by Crippen LogP contribution is -2.18. The number of phenolic OH excluding ortho intramolecular Hbond substituents is 1. The van der Waals surface area contributed by atoms with Crippen LogP contribution in [-0.2, 0) is 5.41 Å². The number of hydrogen-bond donors (Lipinski definition) is 1. The summed E-state index contributed by atoms with van der Waals surface area (Å²) >= 11 is 0. The number of aryl methyl sites for hydroxylation is 2. The molecule has 1 nitrogen and oxygen atoms in total. The van der Waals surface area contributed by atoms with Crippen molar-refractivity contribution in [1.29, 1.82) is 0 Å². The van der Waals surface area contributed by atoms with Gasteiger partial charge in [0.1, 0.15) is 5.75 Å². The van der Waals surface area contributed by atoms with Crippen LogP contribution in [0.1, 0.15) is 43.9 Å². The molecule has 1 heteroatoms. The van der Waals surface area contributed by atoms with Gasteiger partial charge in [-0.2, -0.15) is 0 Å². The van der Waals surface area contributed by atoms with Crippen molar-refractivity contribution in [3.05, 3.63) is 28.8 Å². The van der Waals surface area contributed by atoms with Crippen LogP contribution < -0.4 is 0 Å². The van der Waals surface area contributed by atoms with Crippen molar-refractivity contribution in [3.63, 3.8) is 0 Å². The van der Waals surface area contributed by atoms with E-state index in [1.807, 2.05) is 12.1 Å². The maximum absolute atomic E-state index is 9.46. The van der Waals surface area contributed by atoms with Crippen LogP contribution in [0.2, 0.25) is 0 Å². The molecule has 0 spiro atoms. The van der Waals surface area contributed by atoms with Gasteiger partial charge >= 0.3 is 0 Å². The standard InChI is InChI=1S/C13H20O/c1-6-13(4,5)12-9(2)7-11(14)8-10(12)3/h7-8,14H,6H2,1-5H3. The van der Waals surface area contributed by atoms with Crippen molar-refractivity contribution >= 4 is 0 Å². The summed E-state index contributed by atoms with van der Waals surface area (Å²) in [6, 6.07) is 3.69. The van der Waals surface area contributed by atoms with Crippen LogP contribution in [0.5, 0.6) is 5.75 Å². The highest BCUT2D eigenvalue weighted by Gasteiger charge is 2.22. The first-order valence-electron chi connectivity index (χ1n) is 5.19. The molecule has 1 N–H and O–H groups in total. The molecule has 0 unspecified atom stereocenters. The Morgan fingerprint density at radius 2 is 1.57 bits per heavy atom. The molecule has 0 amide bonds. The third-order valence-corrected chi connectivity index (χ3v) is 3.08. The molecule has 0 heterocycles. The van der Waals surface area contributed by atoms with Crippen LogP contribution in [0, 0.1) is 13.8 Å². The average molecular weight is 192 g/mol. The largest absolute Gasteiger partial charge is 0.508 e. The van der Waals surface area contributed by atoms with Crippen molar-refractivity contribution in [3.8, 4) is 5.75 Å². The predicted octanol–water partition coefficient (Wildman–Crippen LogP) is 3.70. The van der Waals surface area contributed by atoms with E-state index in [-0.39, 0.29) is 5.41 Å². The molecular weight excluding hydrogens is 172 g/mol. The molecular formula is C13H20O. The van der Waals surface area contributed by atoms with Gasteiger partial charge in [0.25, 0.3) is 0 Å². The summed E-state index contributed by atoms with van der Waals surface area (Å²) in [4.78, 5) is 0. The molecule has 0 saturated heterocycles. The number of phenols is 1. The second-order valence-corrected chi connectivity index (χ2v) is 4.69. The Hall–Kier alpha value is -0.980. The molecule has 0 fully saturated rings. The van der Waals surface area contributed by atoms with Gasteiger partial charge in [-0.15, -0.1) is 0 Å². The van der Waals surface area contributed by atoms with Gasteiger partial charge in [0, 0.05) is 0 Å². The Bertz CT molecular complexity index is 314. The number of hydrogen-bond acceptors (Lipinski definition) is 1. The van der Waals surface area contributed by atoms with Crippen LogP contribution in [0.15, 0.2) is 12.1 Å². The van der Waals surface area contributed by atoms with Crippen molar-refractivity contribution < 1.29 is 5.11 Å². The van der Waals surface area contributed by atoms with Gasteiger partial charge in [0.05, 0.1) is 0 Å². The van der Waals surface area contributed by atoms with Crippen LogP contribution in [0.25, 0.3) is 0 Å². The first kappa shape index (κ1) is 11.1. The third kappa shape index (κ3) is 1.92. The topological polar surface area (TPSA) is 20.2 Å². The normalized spacial score (nSPS) is 11.8. The van der Waals surface area contributed by atoms with E-state index in [0.29, 0.717) is 5.75 Å². The van der Waals surface area contributed by atoms with E-state index in [4.69, 9.17) is 0 Å². The lowest BCUT2D eigenvalue weighted by Gasteiger charge is -2.27. The molecule has 0 aliphatic rings. The smallest absolute Gasteiger partial charge is 0.116 e. The average Bonchev–Trinajstić information content (AvgIpc) is 2.01. The molecule has 0 radical (unpaired) electrons. The maximum atomic E-state index is 9.46. The minimum atomic E-state index is 0.196. The van der Waals surface area contributed by atoms with Gasteiger partial charge in [-0.05, 0) is 54.5 Å². The zero-order valence-corrected chi connectivity index (χ0v) is 9.81. The Balaban J connectivity index is 3.35. The van der Waals surface area contributed by atoms with Crippen molar-refractivity contribution in [2.45, 2.75) is 46.5 Å². The highest BCUT2D eigenvalue weighted by atomic mass is 16.3. The SMILES string of the molecule is CCC(C)(C)c1c(C)cc(O)cc1C. The fraction of sp³-hybridized carbons (Fsp3) is 0.538. The van der Waals surface area contributed by atoms with Crippen molar-refractivity contribution in [2.24, 2.45) is 0 Å². The van der Waals surface area contributed by atoms with E-state index in [1.165, 1.54) is 16.7 Å². The highest BCUT2D eigenvalue weighted by Crippen LogP contribution is 2.34. The zero-order valence-electron chi connectivity index (χ0n) is 9.81. The fourth-order valence-electron chi connectivity index (χ4n) is 2.18. The molecule has 0 atom stereocenters. The fourth-order valence-corrected chi connectivity index (χ4v) is 2.18. The molecule has 78 valence electrons. The zero-order chi connectivity index (χ0) is 10.9. The molecule has 0 bridgehead atoms. The first-order chi connectivity index (χ1) is 6.38. The summed E-state index contributed by atoms with van der Waals surface area (Å²) in [5.41, 5.74) is 3.95. The van der Waals surface area contributed by atoms with E-state index in [1.54, 1.807) is 0 Å². The number of benzene rings is 1. The predicted molar refractivity (Wildman–Crippen MR) is 60.9 cm³/mol. The van der Waals surface area contributed by atoms with E-state index in [2.05, 4.69) is 34.6 Å². The summed E-state index contributed by atoms with van der Waals surface area (Å²) in [6.07, 6.45) is 1.11. The molecule has 14 heavy (non-hydrogen) atoms. The van der Waals surface area contributed by atoms with Crippen LogP contribution in [0.4, 0.5) is 0 Å². The minimum Gasteiger partial charge on any atom is -0.508 e. The summed E-state index contributed by atoms with van der Waals surface area (Å²) in [6.45, 7) is 10.8. The minimum absolute atomic E-state index is 0.196. The third-order valence-electron chi connectivity index (χ3n) is 3.08. The Morgan fingerprint density at radius 1 is 1.14 bits per heavy atom. The van der Waals surface area contributed by atoms with Crippen LogP contribution in [0.3, 0.4) is 0 Å². The summed E-state index contributed by atoms with van der Waals surface area (Å²) in [7, 11) is 0. The van der Waals surface area contributed by atoms with E-state index < -0.39 is 0 Å². The molecule has 1 aromatic rings. The molecule has 0 aliphatic carbocycles.